The molecule has 0 saturated carbocycles. The molecule has 5 nitrogen and oxygen atoms in total. The Morgan fingerprint density at radius 1 is 1.11 bits per heavy atom. The van der Waals surface area contributed by atoms with Gasteiger partial charge >= 0.3 is 0 Å². The van der Waals surface area contributed by atoms with Crippen LogP contribution in [0, 0.1) is 0 Å². The normalized spacial score (nSPS) is 29.4. The van der Waals surface area contributed by atoms with Gasteiger partial charge < -0.3 is 15.1 Å². The van der Waals surface area contributed by atoms with E-state index < -0.39 is 9.84 Å². The Morgan fingerprint density at radius 2 is 1.74 bits per heavy atom. The highest BCUT2D eigenvalue weighted by Crippen LogP contribution is 2.08. The number of nitrogens with one attached hydrogen (secondary N) is 1. The quantitative estimate of drug-likeness (QED) is 0.759. The van der Waals surface area contributed by atoms with E-state index in [0.717, 1.165) is 39.1 Å². The van der Waals surface area contributed by atoms with E-state index in [2.05, 4.69) is 22.0 Å². The molecule has 0 bridgehead atoms. The second-order valence-electron chi connectivity index (χ2n) is 5.74. The van der Waals surface area contributed by atoms with Crippen LogP contribution in [0.1, 0.15) is 19.8 Å². The van der Waals surface area contributed by atoms with Crippen LogP contribution in [-0.2, 0) is 9.84 Å². The molecular weight excluding hydrogens is 262 g/mol. The van der Waals surface area contributed by atoms with E-state index in [-0.39, 0.29) is 6.04 Å². The third-order valence-corrected chi connectivity index (χ3v) is 5.84. The number of sulfone groups is 1. The van der Waals surface area contributed by atoms with E-state index in [9.17, 15) is 8.42 Å². The van der Waals surface area contributed by atoms with E-state index >= 15 is 0 Å². The number of hydrogen-bond donors (Lipinski definition) is 1. The average molecular weight is 289 g/mol. The van der Waals surface area contributed by atoms with Crippen LogP contribution in [-0.4, -0.2) is 81.6 Å². The summed E-state index contributed by atoms with van der Waals surface area (Å²) in [5.74, 6) is 0.627. The average Bonchev–Trinajstić information content (AvgIpc) is 2.37. The van der Waals surface area contributed by atoms with E-state index in [1.807, 2.05) is 0 Å². The monoisotopic (exact) mass is 289 g/mol. The van der Waals surface area contributed by atoms with Gasteiger partial charge in [0.25, 0.3) is 0 Å². The van der Waals surface area contributed by atoms with Crippen molar-refractivity contribution in [3.05, 3.63) is 0 Å². The lowest BCUT2D eigenvalue weighted by Gasteiger charge is -2.35. The summed E-state index contributed by atoms with van der Waals surface area (Å²) in [5, 5.41) is 3.33. The van der Waals surface area contributed by atoms with Gasteiger partial charge in [0.2, 0.25) is 0 Å². The number of rotatable bonds is 5. The van der Waals surface area contributed by atoms with E-state index in [1.54, 1.807) is 0 Å². The van der Waals surface area contributed by atoms with Gasteiger partial charge in [-0.25, -0.2) is 8.42 Å². The second-order valence-corrected chi connectivity index (χ2v) is 7.97. The molecule has 0 aliphatic carbocycles. The molecular formula is C13H27N3O2S. The maximum atomic E-state index is 11.6. The molecule has 2 rings (SSSR count). The van der Waals surface area contributed by atoms with Gasteiger partial charge in [-0.3, -0.25) is 0 Å². The predicted octanol–water partition coefficient (Wildman–Crippen LogP) is -0.209. The first-order chi connectivity index (χ1) is 9.09. The fraction of sp³-hybridized carbons (Fsp3) is 1.00. The standard InChI is InChI=1S/C13H27N3O2S/c1-2-5-15-7-9-16(10-8-15)6-3-13-12-19(17,18)11-4-14-13/h13-14H,2-12H2,1H3. The van der Waals surface area contributed by atoms with Gasteiger partial charge in [0.1, 0.15) is 0 Å². The Bertz CT molecular complexity index is 364. The van der Waals surface area contributed by atoms with Crippen LogP contribution >= 0.6 is 0 Å². The van der Waals surface area contributed by atoms with Crippen molar-refractivity contribution in [3.63, 3.8) is 0 Å². The first-order valence-electron chi connectivity index (χ1n) is 7.47. The van der Waals surface area contributed by atoms with Gasteiger partial charge in [0, 0.05) is 38.8 Å². The van der Waals surface area contributed by atoms with Crippen LogP contribution in [0.3, 0.4) is 0 Å². The lowest BCUT2D eigenvalue weighted by molar-refractivity contribution is 0.129. The number of hydrogen-bond acceptors (Lipinski definition) is 5. The van der Waals surface area contributed by atoms with Crippen molar-refractivity contribution in [1.29, 1.82) is 0 Å². The first-order valence-corrected chi connectivity index (χ1v) is 9.30. The minimum Gasteiger partial charge on any atom is -0.312 e. The van der Waals surface area contributed by atoms with Crippen LogP contribution in [0.25, 0.3) is 0 Å². The summed E-state index contributed by atoms with van der Waals surface area (Å²) in [7, 11) is -2.79. The maximum Gasteiger partial charge on any atom is 0.153 e. The molecule has 1 unspecified atom stereocenters. The van der Waals surface area contributed by atoms with Crippen LogP contribution < -0.4 is 5.32 Å². The summed E-state index contributed by atoms with van der Waals surface area (Å²) in [6, 6.07) is 0.160. The lowest BCUT2D eigenvalue weighted by atomic mass is 10.2. The van der Waals surface area contributed by atoms with Gasteiger partial charge in [-0.1, -0.05) is 6.92 Å². The molecule has 2 fully saturated rings. The third-order valence-electron chi connectivity index (χ3n) is 4.10. The Morgan fingerprint density at radius 3 is 2.32 bits per heavy atom. The van der Waals surface area contributed by atoms with Gasteiger partial charge in [-0.2, -0.15) is 0 Å². The molecule has 2 aliphatic heterocycles. The Balaban J connectivity index is 1.66. The Hall–Kier alpha value is -0.170. The maximum absolute atomic E-state index is 11.6. The largest absolute Gasteiger partial charge is 0.312 e. The summed E-state index contributed by atoms with van der Waals surface area (Å²) in [6.45, 7) is 9.63. The smallest absolute Gasteiger partial charge is 0.153 e. The highest BCUT2D eigenvalue weighted by Gasteiger charge is 2.25. The van der Waals surface area contributed by atoms with E-state index in [0.29, 0.717) is 18.1 Å². The lowest BCUT2D eigenvalue weighted by Crippen LogP contribution is -2.49. The van der Waals surface area contributed by atoms with E-state index in [1.165, 1.54) is 13.0 Å². The summed E-state index contributed by atoms with van der Waals surface area (Å²) >= 11 is 0. The fourth-order valence-electron chi connectivity index (χ4n) is 2.94. The zero-order chi connectivity index (χ0) is 13.7. The molecule has 2 saturated heterocycles. The third kappa shape index (κ3) is 5.02. The molecule has 0 radical (unpaired) electrons. The van der Waals surface area contributed by atoms with Crippen molar-refractivity contribution < 1.29 is 8.42 Å². The summed E-state index contributed by atoms with van der Waals surface area (Å²) in [6.07, 6.45) is 2.18. The van der Waals surface area contributed by atoms with Crippen molar-refractivity contribution >= 4 is 9.84 Å². The molecule has 0 amide bonds. The first kappa shape index (κ1) is 15.2. The molecule has 1 N–H and O–H groups in total. The molecule has 19 heavy (non-hydrogen) atoms. The molecule has 1 atom stereocenters. The molecule has 6 heteroatoms. The molecule has 2 aliphatic rings. The van der Waals surface area contributed by atoms with Crippen molar-refractivity contribution in [1.82, 2.24) is 15.1 Å². The van der Waals surface area contributed by atoms with Crippen molar-refractivity contribution in [2.45, 2.75) is 25.8 Å². The predicted molar refractivity (Wildman–Crippen MR) is 78.2 cm³/mol. The topological polar surface area (TPSA) is 52.7 Å². The van der Waals surface area contributed by atoms with Crippen LogP contribution in [0.15, 0.2) is 0 Å². The van der Waals surface area contributed by atoms with Crippen LogP contribution in [0.4, 0.5) is 0 Å². The SMILES string of the molecule is CCCN1CCN(CCC2CS(=O)(=O)CCN2)CC1. The minimum absolute atomic E-state index is 0.160. The van der Waals surface area contributed by atoms with Gasteiger partial charge in [-0.05, 0) is 25.9 Å². The molecule has 0 aromatic heterocycles. The number of piperazine rings is 1. The molecule has 0 aromatic rings. The Labute approximate surface area is 117 Å². The molecule has 2 heterocycles. The highest BCUT2D eigenvalue weighted by molar-refractivity contribution is 7.91. The van der Waals surface area contributed by atoms with Gasteiger partial charge in [0.05, 0.1) is 11.5 Å². The minimum atomic E-state index is -2.79. The Kier molecular flexibility index (Phi) is 5.62. The van der Waals surface area contributed by atoms with E-state index in [4.69, 9.17) is 0 Å². The van der Waals surface area contributed by atoms with Crippen molar-refractivity contribution in [2.24, 2.45) is 0 Å². The summed E-state index contributed by atoms with van der Waals surface area (Å²) in [4.78, 5) is 4.98. The number of nitrogens with zero attached hydrogens (tertiary/aromatic N) is 2. The van der Waals surface area contributed by atoms with Crippen molar-refractivity contribution in [2.75, 3.05) is 57.3 Å². The summed E-state index contributed by atoms with van der Waals surface area (Å²) < 4.78 is 23.1. The fourth-order valence-corrected chi connectivity index (χ4v) is 4.44. The molecule has 112 valence electrons. The van der Waals surface area contributed by atoms with Crippen molar-refractivity contribution in [3.8, 4) is 0 Å². The van der Waals surface area contributed by atoms with Gasteiger partial charge in [0.15, 0.2) is 9.84 Å². The van der Waals surface area contributed by atoms with Crippen LogP contribution in [0.5, 0.6) is 0 Å². The highest BCUT2D eigenvalue weighted by atomic mass is 32.2. The molecule has 0 spiro atoms. The van der Waals surface area contributed by atoms with Crippen LogP contribution in [0.2, 0.25) is 0 Å². The second kappa shape index (κ2) is 7.02. The zero-order valence-corrected chi connectivity index (χ0v) is 12.8. The summed E-state index contributed by atoms with van der Waals surface area (Å²) in [5.41, 5.74) is 0. The van der Waals surface area contributed by atoms with Gasteiger partial charge in [-0.15, -0.1) is 0 Å². The zero-order valence-electron chi connectivity index (χ0n) is 12.0. The molecule has 0 aromatic carbocycles.